The van der Waals surface area contributed by atoms with Gasteiger partial charge >= 0.3 is 0 Å². The molecule has 4 nitrogen and oxygen atoms in total. The first-order valence-electron chi connectivity index (χ1n) is 9.57. The predicted octanol–water partition coefficient (Wildman–Crippen LogP) is 5.54. The molecule has 3 aromatic rings. The highest BCUT2D eigenvalue weighted by Crippen LogP contribution is 2.33. The van der Waals surface area contributed by atoms with Crippen molar-refractivity contribution in [1.82, 2.24) is 14.6 Å². The Balaban J connectivity index is 2.26. The summed E-state index contributed by atoms with van der Waals surface area (Å²) in [5.41, 5.74) is 10.2. The first kappa shape index (κ1) is 18.4. The van der Waals surface area contributed by atoms with Crippen molar-refractivity contribution in [2.75, 3.05) is 5.32 Å². The highest BCUT2D eigenvalue weighted by atomic mass is 15.3. The molecular formula is C22H30N4. The van der Waals surface area contributed by atoms with Crippen LogP contribution in [0.1, 0.15) is 54.8 Å². The summed E-state index contributed by atoms with van der Waals surface area (Å²) in [7, 11) is 0. The highest BCUT2D eigenvalue weighted by molar-refractivity contribution is 5.78. The van der Waals surface area contributed by atoms with E-state index in [1.165, 1.54) is 22.3 Å². The number of nitrogens with zero attached hydrogens (tertiary/aromatic N) is 3. The van der Waals surface area contributed by atoms with Crippen LogP contribution in [-0.2, 0) is 0 Å². The third-order valence-corrected chi connectivity index (χ3v) is 5.14. The molecule has 0 unspecified atom stereocenters. The van der Waals surface area contributed by atoms with Crippen LogP contribution in [0.5, 0.6) is 0 Å². The number of imidazole rings is 1. The summed E-state index contributed by atoms with van der Waals surface area (Å²) < 4.78 is 2.03. The van der Waals surface area contributed by atoms with Crippen LogP contribution in [0, 0.1) is 34.6 Å². The van der Waals surface area contributed by atoms with Crippen molar-refractivity contribution in [1.29, 1.82) is 0 Å². The van der Waals surface area contributed by atoms with Crippen LogP contribution < -0.4 is 5.32 Å². The fourth-order valence-electron chi connectivity index (χ4n) is 3.91. The lowest BCUT2D eigenvalue weighted by Gasteiger charge is -2.17. The van der Waals surface area contributed by atoms with Gasteiger partial charge in [0, 0.05) is 11.6 Å². The van der Waals surface area contributed by atoms with Crippen molar-refractivity contribution in [3.63, 3.8) is 0 Å². The van der Waals surface area contributed by atoms with Gasteiger partial charge in [-0.25, -0.2) is 9.50 Å². The van der Waals surface area contributed by atoms with E-state index in [-0.39, 0.29) is 0 Å². The molecule has 0 radical (unpaired) electrons. The zero-order valence-corrected chi connectivity index (χ0v) is 17.1. The molecule has 1 aromatic carbocycles. The third-order valence-electron chi connectivity index (χ3n) is 5.14. The molecule has 0 spiro atoms. The SMILES string of the molecule is CCC(CC)Nc1cc(C)nn2c(-c3c(C)cc(C)cc3C)c(C)nc12. The maximum atomic E-state index is 4.89. The summed E-state index contributed by atoms with van der Waals surface area (Å²) in [5.74, 6) is 0. The molecule has 0 amide bonds. The van der Waals surface area contributed by atoms with Gasteiger partial charge in [0.25, 0.3) is 0 Å². The zero-order chi connectivity index (χ0) is 19.0. The maximum absolute atomic E-state index is 4.89. The lowest BCUT2D eigenvalue weighted by atomic mass is 9.96. The quantitative estimate of drug-likeness (QED) is 0.657. The molecule has 2 heterocycles. The molecule has 0 saturated carbocycles. The second kappa shape index (κ2) is 7.10. The Morgan fingerprint density at radius 1 is 0.962 bits per heavy atom. The van der Waals surface area contributed by atoms with E-state index in [0.29, 0.717) is 6.04 Å². The van der Waals surface area contributed by atoms with Crippen molar-refractivity contribution in [3.8, 4) is 11.3 Å². The van der Waals surface area contributed by atoms with Crippen molar-refractivity contribution in [3.05, 3.63) is 46.3 Å². The number of fused-ring (bicyclic) bond motifs is 1. The lowest BCUT2D eigenvalue weighted by molar-refractivity contribution is 0.671. The van der Waals surface area contributed by atoms with Gasteiger partial charge in [-0.2, -0.15) is 5.10 Å². The van der Waals surface area contributed by atoms with Gasteiger partial charge in [-0.05, 0) is 64.7 Å². The maximum Gasteiger partial charge on any atom is 0.177 e. The Hall–Kier alpha value is -2.36. The van der Waals surface area contributed by atoms with Gasteiger partial charge in [-0.1, -0.05) is 31.5 Å². The minimum absolute atomic E-state index is 0.448. The van der Waals surface area contributed by atoms with Gasteiger partial charge in [-0.15, -0.1) is 0 Å². The van der Waals surface area contributed by atoms with E-state index in [1.807, 2.05) is 11.4 Å². The van der Waals surface area contributed by atoms with Gasteiger partial charge in [0.1, 0.15) is 0 Å². The van der Waals surface area contributed by atoms with Crippen LogP contribution in [0.4, 0.5) is 5.69 Å². The van der Waals surface area contributed by atoms with Gasteiger partial charge in [0.05, 0.1) is 22.8 Å². The Labute approximate surface area is 156 Å². The molecule has 0 aliphatic rings. The summed E-state index contributed by atoms with van der Waals surface area (Å²) in [5, 5.41) is 8.48. The second-order valence-corrected chi connectivity index (χ2v) is 7.41. The molecule has 3 rings (SSSR count). The largest absolute Gasteiger partial charge is 0.379 e. The Kier molecular flexibility index (Phi) is 5.03. The molecule has 0 fully saturated rings. The number of aryl methyl sites for hydroxylation is 5. The zero-order valence-electron chi connectivity index (χ0n) is 17.1. The monoisotopic (exact) mass is 350 g/mol. The predicted molar refractivity (Wildman–Crippen MR) is 110 cm³/mol. The second-order valence-electron chi connectivity index (χ2n) is 7.41. The van der Waals surface area contributed by atoms with Crippen molar-refractivity contribution in [2.45, 2.75) is 67.3 Å². The van der Waals surface area contributed by atoms with Crippen LogP contribution in [0.3, 0.4) is 0 Å². The number of hydrogen-bond donors (Lipinski definition) is 1. The van der Waals surface area contributed by atoms with E-state index in [9.17, 15) is 0 Å². The van der Waals surface area contributed by atoms with Crippen molar-refractivity contribution < 1.29 is 0 Å². The first-order valence-corrected chi connectivity index (χ1v) is 9.57. The number of benzene rings is 1. The summed E-state index contributed by atoms with van der Waals surface area (Å²) in [6.07, 6.45) is 2.18. The lowest BCUT2D eigenvalue weighted by Crippen LogP contribution is -2.18. The van der Waals surface area contributed by atoms with E-state index >= 15 is 0 Å². The minimum atomic E-state index is 0.448. The van der Waals surface area contributed by atoms with Crippen molar-refractivity contribution in [2.24, 2.45) is 0 Å². The molecule has 2 aromatic heterocycles. The Morgan fingerprint density at radius 2 is 1.58 bits per heavy atom. The number of aromatic nitrogens is 3. The van der Waals surface area contributed by atoms with Crippen molar-refractivity contribution >= 4 is 11.3 Å². The summed E-state index contributed by atoms with van der Waals surface area (Å²) >= 11 is 0. The molecule has 0 atom stereocenters. The highest BCUT2D eigenvalue weighted by Gasteiger charge is 2.19. The topological polar surface area (TPSA) is 42.2 Å². The van der Waals surface area contributed by atoms with Crippen LogP contribution in [-0.4, -0.2) is 20.6 Å². The van der Waals surface area contributed by atoms with Gasteiger partial charge in [0.2, 0.25) is 0 Å². The number of rotatable bonds is 5. The van der Waals surface area contributed by atoms with Crippen LogP contribution in [0.25, 0.3) is 16.9 Å². The van der Waals surface area contributed by atoms with Gasteiger partial charge < -0.3 is 5.32 Å². The third kappa shape index (κ3) is 3.20. The molecule has 26 heavy (non-hydrogen) atoms. The van der Waals surface area contributed by atoms with E-state index in [0.717, 1.165) is 41.3 Å². The van der Waals surface area contributed by atoms with E-state index in [1.54, 1.807) is 0 Å². The molecule has 0 bridgehead atoms. The molecule has 138 valence electrons. The summed E-state index contributed by atoms with van der Waals surface area (Å²) in [6, 6.07) is 7.03. The van der Waals surface area contributed by atoms with E-state index < -0.39 is 0 Å². The Bertz CT molecular complexity index is 925. The van der Waals surface area contributed by atoms with Crippen LogP contribution in [0.2, 0.25) is 0 Å². The molecule has 0 aliphatic heterocycles. The summed E-state index contributed by atoms with van der Waals surface area (Å²) in [6.45, 7) is 15.1. The van der Waals surface area contributed by atoms with Crippen LogP contribution >= 0.6 is 0 Å². The standard InChI is InChI=1S/C22H30N4/c1-8-18(9-2)24-19-12-16(6)25-26-21(17(7)23-22(19)26)20-14(4)10-13(3)11-15(20)5/h10-12,18,24H,8-9H2,1-7H3. The minimum Gasteiger partial charge on any atom is -0.379 e. The average Bonchev–Trinajstić information content (AvgIpc) is 2.88. The van der Waals surface area contributed by atoms with Crippen LogP contribution in [0.15, 0.2) is 18.2 Å². The number of nitrogens with one attached hydrogen (secondary N) is 1. The molecular weight excluding hydrogens is 320 g/mol. The first-order chi connectivity index (χ1) is 12.3. The molecule has 0 aliphatic carbocycles. The fraction of sp³-hybridized carbons (Fsp3) is 0.455. The molecule has 0 saturated heterocycles. The van der Waals surface area contributed by atoms with Gasteiger partial charge in [-0.3, -0.25) is 0 Å². The number of anilines is 1. The fourth-order valence-corrected chi connectivity index (χ4v) is 3.91. The Morgan fingerprint density at radius 3 is 2.15 bits per heavy atom. The normalized spacial score (nSPS) is 11.5. The van der Waals surface area contributed by atoms with Gasteiger partial charge in [0.15, 0.2) is 5.65 Å². The van der Waals surface area contributed by atoms with E-state index in [2.05, 4.69) is 65.1 Å². The molecule has 4 heteroatoms. The number of hydrogen-bond acceptors (Lipinski definition) is 3. The summed E-state index contributed by atoms with van der Waals surface area (Å²) in [4.78, 5) is 4.89. The molecule has 1 N–H and O–H groups in total. The smallest absolute Gasteiger partial charge is 0.177 e. The van der Waals surface area contributed by atoms with E-state index in [4.69, 9.17) is 10.1 Å². The average molecular weight is 351 g/mol.